The van der Waals surface area contributed by atoms with Gasteiger partial charge in [-0.05, 0) is 19.1 Å². The fraction of sp³-hybridized carbons (Fsp3) is 0.188. The molecule has 24 heavy (non-hydrogen) atoms. The van der Waals surface area contributed by atoms with Crippen LogP contribution in [0.15, 0.2) is 41.2 Å². The number of allylic oxidation sites excluding steroid dienone is 1. The summed E-state index contributed by atoms with van der Waals surface area (Å²) in [6.07, 6.45) is 2.24. The molecule has 0 saturated heterocycles. The molecule has 0 radical (unpaired) electrons. The minimum atomic E-state index is -1.12. The molecule has 0 aliphatic rings. The quantitative estimate of drug-likeness (QED) is 0.817. The first kappa shape index (κ1) is 17.3. The van der Waals surface area contributed by atoms with Gasteiger partial charge in [0.15, 0.2) is 0 Å². The van der Waals surface area contributed by atoms with Crippen LogP contribution in [0.3, 0.4) is 0 Å². The highest BCUT2D eigenvalue weighted by Crippen LogP contribution is 2.13. The van der Waals surface area contributed by atoms with Gasteiger partial charge in [-0.3, -0.25) is 9.36 Å². The zero-order chi connectivity index (χ0) is 17.7. The monoisotopic (exact) mass is 336 g/mol. The molecular formula is C16H14F2N2O4. The van der Waals surface area contributed by atoms with Crippen LogP contribution < -0.4 is 10.3 Å². The Bertz CT molecular complexity index is 846. The van der Waals surface area contributed by atoms with Gasteiger partial charge in [-0.25, -0.2) is 18.6 Å². The van der Waals surface area contributed by atoms with Crippen LogP contribution in [0, 0.1) is 18.6 Å². The number of carbonyl (C=O) groups is 1. The number of aromatic nitrogens is 2. The largest absolute Gasteiger partial charge is 0.478 e. The van der Waals surface area contributed by atoms with Gasteiger partial charge in [0.05, 0.1) is 6.07 Å². The molecule has 6 nitrogen and oxygen atoms in total. The minimum Gasteiger partial charge on any atom is -0.478 e. The zero-order valence-electron chi connectivity index (χ0n) is 12.7. The molecule has 126 valence electrons. The molecular weight excluding hydrogens is 322 g/mol. The van der Waals surface area contributed by atoms with Crippen molar-refractivity contribution in [3.63, 3.8) is 0 Å². The van der Waals surface area contributed by atoms with E-state index in [9.17, 15) is 18.4 Å². The standard InChI is InChI=1S/C16H14F2N2O4/c1-10-19-14(8-15(21)20(10)6-2-3-16(22)23)24-9-11-4-5-12(17)7-13(11)18/h2-5,7-8H,6,9H2,1H3,(H,22,23)/b3-2+. The summed E-state index contributed by atoms with van der Waals surface area (Å²) >= 11 is 0. The zero-order valence-corrected chi connectivity index (χ0v) is 12.7. The van der Waals surface area contributed by atoms with Crippen molar-refractivity contribution < 1.29 is 23.4 Å². The maximum atomic E-state index is 13.5. The molecule has 0 aliphatic heterocycles. The smallest absolute Gasteiger partial charge is 0.328 e. The molecule has 1 aromatic heterocycles. The average molecular weight is 336 g/mol. The molecule has 1 aromatic carbocycles. The Morgan fingerprint density at radius 3 is 2.75 bits per heavy atom. The molecule has 1 N–H and O–H groups in total. The summed E-state index contributed by atoms with van der Waals surface area (Å²) in [5.74, 6) is -2.25. The molecule has 0 bridgehead atoms. The molecule has 2 rings (SSSR count). The summed E-state index contributed by atoms with van der Waals surface area (Å²) in [7, 11) is 0. The number of ether oxygens (including phenoxy) is 1. The highest BCUT2D eigenvalue weighted by atomic mass is 19.1. The van der Waals surface area contributed by atoms with Crippen LogP contribution in [-0.2, 0) is 17.9 Å². The van der Waals surface area contributed by atoms with E-state index in [0.717, 1.165) is 24.3 Å². The van der Waals surface area contributed by atoms with Crippen LogP contribution >= 0.6 is 0 Å². The molecule has 8 heteroatoms. The van der Waals surface area contributed by atoms with E-state index in [1.54, 1.807) is 6.92 Å². The van der Waals surface area contributed by atoms with Gasteiger partial charge in [-0.2, -0.15) is 0 Å². The minimum absolute atomic E-state index is 0.000288. The summed E-state index contributed by atoms with van der Waals surface area (Å²) in [5.41, 5.74) is -0.309. The van der Waals surface area contributed by atoms with Gasteiger partial charge in [-0.15, -0.1) is 0 Å². The fourth-order valence-corrected chi connectivity index (χ4v) is 1.94. The first-order valence-corrected chi connectivity index (χ1v) is 6.91. The molecule has 2 aromatic rings. The van der Waals surface area contributed by atoms with Gasteiger partial charge in [0.2, 0.25) is 5.88 Å². The highest BCUT2D eigenvalue weighted by Gasteiger charge is 2.08. The third-order valence-electron chi connectivity index (χ3n) is 3.11. The van der Waals surface area contributed by atoms with Crippen LogP contribution in [0.4, 0.5) is 8.78 Å². The fourth-order valence-electron chi connectivity index (χ4n) is 1.94. The third-order valence-corrected chi connectivity index (χ3v) is 3.11. The second-order valence-electron chi connectivity index (χ2n) is 4.86. The Balaban J connectivity index is 2.12. The number of hydrogen-bond acceptors (Lipinski definition) is 4. The Labute approximate surface area is 135 Å². The number of carboxylic acids is 1. The van der Waals surface area contributed by atoms with E-state index in [2.05, 4.69) is 4.98 Å². The molecule has 0 unspecified atom stereocenters. The van der Waals surface area contributed by atoms with E-state index >= 15 is 0 Å². The van der Waals surface area contributed by atoms with E-state index in [4.69, 9.17) is 9.84 Å². The van der Waals surface area contributed by atoms with Crippen molar-refractivity contribution in [2.24, 2.45) is 0 Å². The lowest BCUT2D eigenvalue weighted by Gasteiger charge is -2.10. The predicted molar refractivity (Wildman–Crippen MR) is 80.7 cm³/mol. The molecule has 0 atom stereocenters. The summed E-state index contributed by atoms with van der Waals surface area (Å²) in [6, 6.07) is 4.20. The lowest BCUT2D eigenvalue weighted by molar-refractivity contribution is -0.131. The van der Waals surface area contributed by atoms with E-state index in [-0.39, 0.29) is 24.6 Å². The van der Waals surface area contributed by atoms with Crippen molar-refractivity contribution in [3.05, 3.63) is 69.8 Å². The molecule has 0 aliphatic carbocycles. The van der Waals surface area contributed by atoms with Gasteiger partial charge in [0.25, 0.3) is 5.56 Å². The van der Waals surface area contributed by atoms with Crippen LogP contribution in [0.25, 0.3) is 0 Å². The Morgan fingerprint density at radius 2 is 2.12 bits per heavy atom. The topological polar surface area (TPSA) is 81.4 Å². The molecule has 0 saturated carbocycles. The lowest BCUT2D eigenvalue weighted by Crippen LogP contribution is -2.23. The number of aryl methyl sites for hydroxylation is 1. The normalized spacial score (nSPS) is 11.0. The van der Waals surface area contributed by atoms with Crippen molar-refractivity contribution in [2.75, 3.05) is 0 Å². The summed E-state index contributed by atoms with van der Waals surface area (Å²) < 4.78 is 32.9. The maximum absolute atomic E-state index is 13.5. The molecule has 0 fully saturated rings. The number of carboxylic acid groups (broad SMARTS) is 1. The van der Waals surface area contributed by atoms with Gasteiger partial charge in [0, 0.05) is 24.3 Å². The molecule has 0 spiro atoms. The first-order chi connectivity index (χ1) is 11.4. The summed E-state index contributed by atoms with van der Waals surface area (Å²) in [5, 5.41) is 8.53. The SMILES string of the molecule is Cc1nc(OCc2ccc(F)cc2F)cc(=O)n1C/C=C/C(=O)O. The lowest BCUT2D eigenvalue weighted by atomic mass is 10.2. The van der Waals surface area contributed by atoms with Crippen LogP contribution in [-0.4, -0.2) is 20.6 Å². The molecule has 0 amide bonds. The van der Waals surface area contributed by atoms with Crippen molar-refractivity contribution in [3.8, 4) is 5.88 Å². The number of rotatable bonds is 6. The highest BCUT2D eigenvalue weighted by molar-refractivity contribution is 5.79. The number of aliphatic carboxylic acids is 1. The van der Waals surface area contributed by atoms with Crippen molar-refractivity contribution in [1.82, 2.24) is 9.55 Å². The number of nitrogens with zero attached hydrogens (tertiary/aromatic N) is 2. The van der Waals surface area contributed by atoms with E-state index in [1.165, 1.54) is 16.7 Å². The van der Waals surface area contributed by atoms with Crippen molar-refractivity contribution >= 4 is 5.97 Å². The van der Waals surface area contributed by atoms with E-state index in [1.807, 2.05) is 0 Å². The van der Waals surface area contributed by atoms with Gasteiger partial charge in [-0.1, -0.05) is 6.08 Å². The second kappa shape index (κ2) is 7.49. The van der Waals surface area contributed by atoms with E-state index in [0.29, 0.717) is 5.82 Å². The number of hydrogen-bond donors (Lipinski definition) is 1. The van der Waals surface area contributed by atoms with Crippen LogP contribution in [0.1, 0.15) is 11.4 Å². The number of benzene rings is 1. The van der Waals surface area contributed by atoms with Crippen molar-refractivity contribution in [2.45, 2.75) is 20.1 Å². The van der Waals surface area contributed by atoms with Gasteiger partial charge in [0.1, 0.15) is 24.1 Å². The Morgan fingerprint density at radius 1 is 1.38 bits per heavy atom. The maximum Gasteiger partial charge on any atom is 0.328 e. The van der Waals surface area contributed by atoms with Crippen molar-refractivity contribution in [1.29, 1.82) is 0 Å². The summed E-state index contributed by atoms with van der Waals surface area (Å²) in [4.78, 5) is 26.5. The van der Waals surface area contributed by atoms with E-state index < -0.39 is 23.2 Å². The van der Waals surface area contributed by atoms with Gasteiger partial charge < -0.3 is 9.84 Å². The average Bonchev–Trinajstić information content (AvgIpc) is 2.49. The predicted octanol–water partition coefficient (Wildman–Crippen LogP) is 2.05. The van der Waals surface area contributed by atoms with Crippen LogP contribution in [0.5, 0.6) is 5.88 Å². The second-order valence-corrected chi connectivity index (χ2v) is 4.86. The summed E-state index contributed by atoms with van der Waals surface area (Å²) in [6.45, 7) is 1.40. The Kier molecular flexibility index (Phi) is 5.41. The number of halogens is 2. The molecule has 1 heterocycles. The Hall–Kier alpha value is -3.03. The third kappa shape index (κ3) is 4.48. The first-order valence-electron chi connectivity index (χ1n) is 6.91. The van der Waals surface area contributed by atoms with Crippen LogP contribution in [0.2, 0.25) is 0 Å². The van der Waals surface area contributed by atoms with Gasteiger partial charge >= 0.3 is 5.97 Å².